The molecular formula is C44H26N4O2. The summed E-state index contributed by atoms with van der Waals surface area (Å²) in [6.45, 7) is 0. The van der Waals surface area contributed by atoms with E-state index in [0.29, 0.717) is 22.9 Å². The SMILES string of the molecule is c1ccc(-c2cc(-c3ccccc3)nc(-c3cccc4oc5cc(-c6nc(-c7ccccc7)nc7c6oc6ccccc67)ccc5c34)n2)cc1. The van der Waals surface area contributed by atoms with E-state index in [1.165, 1.54) is 0 Å². The minimum Gasteiger partial charge on any atom is -0.456 e. The van der Waals surface area contributed by atoms with Gasteiger partial charge in [0.05, 0.1) is 11.4 Å². The zero-order chi connectivity index (χ0) is 33.0. The van der Waals surface area contributed by atoms with Gasteiger partial charge in [-0.2, -0.15) is 0 Å². The van der Waals surface area contributed by atoms with E-state index in [1.807, 2.05) is 109 Å². The molecule has 0 aliphatic carbocycles. The van der Waals surface area contributed by atoms with Gasteiger partial charge in [-0.05, 0) is 36.4 Å². The third-order valence-corrected chi connectivity index (χ3v) is 9.13. The third kappa shape index (κ3) is 4.65. The van der Waals surface area contributed by atoms with E-state index in [0.717, 1.165) is 77.6 Å². The first-order valence-electron chi connectivity index (χ1n) is 16.5. The van der Waals surface area contributed by atoms with Gasteiger partial charge >= 0.3 is 0 Å². The van der Waals surface area contributed by atoms with Crippen LogP contribution in [0.4, 0.5) is 0 Å². The maximum absolute atomic E-state index is 6.56. The summed E-state index contributed by atoms with van der Waals surface area (Å²) in [6, 6.07) is 52.8. The summed E-state index contributed by atoms with van der Waals surface area (Å²) >= 11 is 0. The van der Waals surface area contributed by atoms with Crippen LogP contribution in [0.2, 0.25) is 0 Å². The second-order valence-corrected chi connectivity index (χ2v) is 12.2. The fraction of sp³-hybridized carbons (Fsp3) is 0. The van der Waals surface area contributed by atoms with E-state index in [2.05, 4.69) is 48.5 Å². The van der Waals surface area contributed by atoms with Crippen LogP contribution in [0.3, 0.4) is 0 Å². The Balaban J connectivity index is 1.17. The van der Waals surface area contributed by atoms with Gasteiger partial charge in [-0.3, -0.25) is 0 Å². The molecule has 0 aliphatic heterocycles. The molecule has 0 saturated heterocycles. The standard InChI is InChI=1S/C44H26N4O2/c1-4-13-27(14-5-1)34-26-35(28-15-6-2-7-16-28)46-44(45-34)33-20-12-22-37-39(33)31-24-23-30(25-38(31)49-37)40-42-41(32-19-10-11-21-36(32)50-42)48-43(47-40)29-17-8-3-9-18-29/h1-26H. The Hall–Kier alpha value is -6.92. The van der Waals surface area contributed by atoms with Gasteiger partial charge in [0, 0.05) is 44.0 Å². The lowest BCUT2D eigenvalue weighted by Crippen LogP contribution is -1.96. The number of nitrogens with zero attached hydrogens (tertiary/aromatic N) is 4. The van der Waals surface area contributed by atoms with Gasteiger partial charge in [0.2, 0.25) is 0 Å². The van der Waals surface area contributed by atoms with Crippen molar-refractivity contribution in [2.45, 2.75) is 0 Å². The predicted octanol–water partition coefficient (Wildman–Crippen LogP) is 11.4. The third-order valence-electron chi connectivity index (χ3n) is 9.13. The Morgan fingerprint density at radius 3 is 1.74 bits per heavy atom. The van der Waals surface area contributed by atoms with Crippen LogP contribution in [0.15, 0.2) is 167 Å². The molecule has 0 spiro atoms. The normalized spacial score (nSPS) is 11.6. The van der Waals surface area contributed by atoms with E-state index in [1.54, 1.807) is 0 Å². The van der Waals surface area contributed by atoms with Gasteiger partial charge in [-0.1, -0.05) is 121 Å². The van der Waals surface area contributed by atoms with E-state index in [4.69, 9.17) is 28.8 Å². The van der Waals surface area contributed by atoms with Crippen molar-refractivity contribution in [3.8, 4) is 56.5 Å². The molecule has 0 amide bonds. The monoisotopic (exact) mass is 642 g/mol. The molecule has 6 aromatic carbocycles. The number of aromatic nitrogens is 4. The molecule has 50 heavy (non-hydrogen) atoms. The second-order valence-electron chi connectivity index (χ2n) is 12.2. The van der Waals surface area contributed by atoms with Crippen LogP contribution in [0.25, 0.3) is 101 Å². The van der Waals surface area contributed by atoms with E-state index >= 15 is 0 Å². The largest absolute Gasteiger partial charge is 0.456 e. The second kappa shape index (κ2) is 11.4. The quantitative estimate of drug-likeness (QED) is 0.186. The number of fused-ring (bicyclic) bond motifs is 6. The summed E-state index contributed by atoms with van der Waals surface area (Å²) in [5.74, 6) is 1.27. The van der Waals surface area contributed by atoms with Crippen LogP contribution in [0.5, 0.6) is 0 Å². The Morgan fingerprint density at radius 2 is 1.02 bits per heavy atom. The Kier molecular flexibility index (Phi) is 6.39. The summed E-state index contributed by atoms with van der Waals surface area (Å²) in [4.78, 5) is 20.3. The van der Waals surface area contributed by atoms with Crippen molar-refractivity contribution in [3.05, 3.63) is 158 Å². The fourth-order valence-electron chi connectivity index (χ4n) is 6.74. The molecular weight excluding hydrogens is 617 g/mol. The van der Waals surface area contributed by atoms with Crippen molar-refractivity contribution in [1.29, 1.82) is 0 Å². The molecule has 0 fully saturated rings. The van der Waals surface area contributed by atoms with Crippen molar-refractivity contribution < 1.29 is 8.83 Å². The Morgan fingerprint density at radius 1 is 0.380 bits per heavy atom. The molecule has 10 aromatic rings. The summed E-state index contributed by atoms with van der Waals surface area (Å²) in [6.07, 6.45) is 0. The molecule has 0 N–H and O–H groups in total. The van der Waals surface area contributed by atoms with Crippen molar-refractivity contribution in [3.63, 3.8) is 0 Å². The number of hydrogen-bond acceptors (Lipinski definition) is 6. The molecule has 234 valence electrons. The smallest absolute Gasteiger partial charge is 0.180 e. The molecule has 6 heteroatoms. The van der Waals surface area contributed by atoms with Crippen LogP contribution < -0.4 is 0 Å². The summed E-state index contributed by atoms with van der Waals surface area (Å²) < 4.78 is 13.0. The first-order valence-corrected chi connectivity index (χ1v) is 16.5. The highest BCUT2D eigenvalue weighted by molar-refractivity contribution is 6.13. The Bertz CT molecular complexity index is 2800. The lowest BCUT2D eigenvalue weighted by Gasteiger charge is -2.10. The zero-order valence-electron chi connectivity index (χ0n) is 26.6. The van der Waals surface area contributed by atoms with Gasteiger partial charge in [-0.15, -0.1) is 0 Å². The summed E-state index contributed by atoms with van der Waals surface area (Å²) in [7, 11) is 0. The highest BCUT2D eigenvalue weighted by atomic mass is 16.3. The van der Waals surface area contributed by atoms with Gasteiger partial charge in [-0.25, -0.2) is 19.9 Å². The van der Waals surface area contributed by atoms with Gasteiger partial charge in [0.1, 0.15) is 28.0 Å². The molecule has 0 bridgehead atoms. The van der Waals surface area contributed by atoms with Crippen molar-refractivity contribution >= 4 is 44.0 Å². The van der Waals surface area contributed by atoms with Crippen molar-refractivity contribution in [1.82, 2.24) is 19.9 Å². The van der Waals surface area contributed by atoms with Crippen LogP contribution in [0.1, 0.15) is 0 Å². The average Bonchev–Trinajstić information content (AvgIpc) is 3.76. The molecule has 0 atom stereocenters. The topological polar surface area (TPSA) is 77.8 Å². The van der Waals surface area contributed by atoms with E-state index in [-0.39, 0.29) is 0 Å². The maximum atomic E-state index is 6.56. The van der Waals surface area contributed by atoms with Gasteiger partial charge in [0.25, 0.3) is 0 Å². The van der Waals surface area contributed by atoms with Crippen LogP contribution in [0, 0.1) is 0 Å². The molecule has 0 radical (unpaired) electrons. The molecule has 4 heterocycles. The summed E-state index contributed by atoms with van der Waals surface area (Å²) in [5.41, 5.74) is 10.9. The van der Waals surface area contributed by atoms with Gasteiger partial charge in [0.15, 0.2) is 17.2 Å². The number of rotatable bonds is 5. The summed E-state index contributed by atoms with van der Waals surface area (Å²) in [5, 5.41) is 2.87. The average molecular weight is 643 g/mol. The first-order chi connectivity index (χ1) is 24.8. The minimum atomic E-state index is 0.634. The molecule has 0 aliphatic rings. The lowest BCUT2D eigenvalue weighted by atomic mass is 10.0. The molecule has 10 rings (SSSR count). The molecule has 4 aromatic heterocycles. The van der Waals surface area contributed by atoms with E-state index in [9.17, 15) is 0 Å². The fourth-order valence-corrected chi connectivity index (χ4v) is 6.74. The maximum Gasteiger partial charge on any atom is 0.180 e. The highest BCUT2D eigenvalue weighted by Crippen LogP contribution is 2.40. The highest BCUT2D eigenvalue weighted by Gasteiger charge is 2.21. The van der Waals surface area contributed by atoms with Crippen LogP contribution >= 0.6 is 0 Å². The molecule has 0 unspecified atom stereocenters. The number of benzene rings is 6. The predicted molar refractivity (Wildman–Crippen MR) is 199 cm³/mol. The molecule has 6 nitrogen and oxygen atoms in total. The molecule has 0 saturated carbocycles. The number of para-hydroxylation sites is 1. The lowest BCUT2D eigenvalue weighted by molar-refractivity contribution is 0.666. The van der Waals surface area contributed by atoms with Gasteiger partial charge < -0.3 is 8.83 Å². The number of furan rings is 2. The van der Waals surface area contributed by atoms with E-state index < -0.39 is 0 Å². The Labute approximate surface area is 286 Å². The number of hydrogen-bond donors (Lipinski definition) is 0. The van der Waals surface area contributed by atoms with Crippen molar-refractivity contribution in [2.75, 3.05) is 0 Å². The van der Waals surface area contributed by atoms with Crippen molar-refractivity contribution in [2.24, 2.45) is 0 Å². The minimum absolute atomic E-state index is 0.634. The van der Waals surface area contributed by atoms with Crippen LogP contribution in [-0.2, 0) is 0 Å². The van der Waals surface area contributed by atoms with Crippen LogP contribution in [-0.4, -0.2) is 19.9 Å². The first kappa shape index (κ1) is 28.1. The zero-order valence-corrected chi connectivity index (χ0v) is 26.6.